The third-order valence-electron chi connectivity index (χ3n) is 4.00. The van der Waals surface area contributed by atoms with Crippen LogP contribution in [0.25, 0.3) is 0 Å². The normalized spacial score (nSPS) is 14.1. The Morgan fingerprint density at radius 1 is 1.19 bits per heavy atom. The van der Waals surface area contributed by atoms with Crippen molar-refractivity contribution in [1.29, 1.82) is 0 Å². The largest absolute Gasteiger partial charge is 0.354 e. The quantitative estimate of drug-likeness (QED) is 0.339. The fraction of sp³-hybridized carbons (Fsp3) is 0.650. The van der Waals surface area contributed by atoms with Crippen LogP contribution in [0, 0.1) is 0 Å². The molecule has 0 bridgehead atoms. The van der Waals surface area contributed by atoms with E-state index in [2.05, 4.69) is 34.2 Å². The van der Waals surface area contributed by atoms with Crippen LogP contribution in [-0.4, -0.2) is 33.0 Å². The van der Waals surface area contributed by atoms with Gasteiger partial charge in [-0.1, -0.05) is 44.4 Å². The van der Waals surface area contributed by atoms with E-state index in [-0.39, 0.29) is 0 Å². The lowest BCUT2D eigenvalue weighted by Crippen LogP contribution is -2.43. The van der Waals surface area contributed by atoms with Crippen molar-refractivity contribution in [3.8, 4) is 0 Å². The molecule has 7 heteroatoms. The van der Waals surface area contributed by atoms with Crippen LogP contribution in [0.15, 0.2) is 34.2 Å². The third kappa shape index (κ3) is 8.75. The molecular formula is C20H36N4O2S. The number of guanidine groups is 1. The molecule has 0 aliphatic carbocycles. The topological polar surface area (TPSA) is 82.6 Å². The van der Waals surface area contributed by atoms with Crippen molar-refractivity contribution in [3.05, 3.63) is 29.8 Å². The summed E-state index contributed by atoms with van der Waals surface area (Å²) in [6.07, 6.45) is 4.69. The van der Waals surface area contributed by atoms with E-state index in [1.807, 2.05) is 32.9 Å². The summed E-state index contributed by atoms with van der Waals surface area (Å²) in [6.45, 7) is 10.2. The molecule has 0 amide bonds. The molecule has 3 N–H and O–H groups in total. The predicted molar refractivity (Wildman–Crippen MR) is 113 cm³/mol. The van der Waals surface area contributed by atoms with Crippen LogP contribution < -0.4 is 15.4 Å². The van der Waals surface area contributed by atoms with Gasteiger partial charge in [0.2, 0.25) is 10.0 Å². The molecule has 0 fully saturated rings. The first-order chi connectivity index (χ1) is 12.6. The van der Waals surface area contributed by atoms with Gasteiger partial charge in [0.1, 0.15) is 0 Å². The highest BCUT2D eigenvalue weighted by molar-refractivity contribution is 7.89. The van der Waals surface area contributed by atoms with E-state index in [9.17, 15) is 8.42 Å². The summed E-state index contributed by atoms with van der Waals surface area (Å²) in [5, 5.41) is 6.60. The van der Waals surface area contributed by atoms with Gasteiger partial charge in [0, 0.05) is 25.2 Å². The maximum Gasteiger partial charge on any atom is 0.241 e. The lowest BCUT2D eigenvalue weighted by atomic mass is 10.1. The van der Waals surface area contributed by atoms with Crippen LogP contribution >= 0.6 is 0 Å². The molecule has 27 heavy (non-hydrogen) atoms. The second-order valence-corrected chi connectivity index (χ2v) is 9.58. The summed E-state index contributed by atoms with van der Waals surface area (Å²) in [4.78, 5) is 4.54. The van der Waals surface area contributed by atoms with Gasteiger partial charge >= 0.3 is 0 Å². The van der Waals surface area contributed by atoms with Crippen LogP contribution in [0.4, 0.5) is 0 Å². The highest BCUT2D eigenvalue weighted by Gasteiger charge is 2.24. The van der Waals surface area contributed by atoms with Crippen molar-refractivity contribution < 1.29 is 8.42 Å². The number of benzene rings is 1. The van der Waals surface area contributed by atoms with Gasteiger partial charge in [-0.15, -0.1) is 0 Å². The lowest BCUT2D eigenvalue weighted by Gasteiger charge is -2.22. The summed E-state index contributed by atoms with van der Waals surface area (Å²) in [6, 6.07) is 7.35. The Morgan fingerprint density at radius 2 is 1.85 bits per heavy atom. The highest BCUT2D eigenvalue weighted by atomic mass is 32.2. The van der Waals surface area contributed by atoms with Crippen LogP contribution in [0.3, 0.4) is 0 Å². The Morgan fingerprint density at radius 3 is 2.44 bits per heavy atom. The molecule has 1 aromatic carbocycles. The third-order valence-corrected chi connectivity index (χ3v) is 5.85. The number of aliphatic imine (C=N–C) groups is 1. The minimum absolute atomic E-state index is 0.291. The monoisotopic (exact) mass is 396 g/mol. The zero-order valence-electron chi connectivity index (χ0n) is 17.6. The Bertz CT molecular complexity index is 709. The Labute approximate surface area is 165 Å². The van der Waals surface area contributed by atoms with Gasteiger partial charge in [-0.3, -0.25) is 4.99 Å². The molecule has 0 heterocycles. The van der Waals surface area contributed by atoms with E-state index in [1.165, 1.54) is 19.3 Å². The molecule has 0 radical (unpaired) electrons. The van der Waals surface area contributed by atoms with Crippen molar-refractivity contribution >= 4 is 16.0 Å². The van der Waals surface area contributed by atoms with Gasteiger partial charge in [-0.05, 0) is 45.7 Å². The van der Waals surface area contributed by atoms with Gasteiger partial charge in [-0.2, -0.15) is 0 Å². The molecule has 1 unspecified atom stereocenters. The number of hydrogen-bond donors (Lipinski definition) is 3. The number of rotatable bonds is 9. The summed E-state index contributed by atoms with van der Waals surface area (Å²) >= 11 is 0. The number of hydrogen-bond acceptors (Lipinski definition) is 3. The molecule has 0 saturated carbocycles. The average Bonchev–Trinajstić information content (AvgIpc) is 2.57. The van der Waals surface area contributed by atoms with Crippen molar-refractivity contribution in [1.82, 2.24) is 15.4 Å². The minimum Gasteiger partial charge on any atom is -0.354 e. The summed E-state index contributed by atoms with van der Waals surface area (Å²) in [5.41, 5.74) is 0.168. The molecule has 1 atom stereocenters. The van der Waals surface area contributed by atoms with E-state index in [4.69, 9.17) is 0 Å². The average molecular weight is 397 g/mol. The van der Waals surface area contributed by atoms with Crippen molar-refractivity contribution in [2.75, 3.05) is 7.05 Å². The fourth-order valence-electron chi connectivity index (χ4n) is 2.75. The van der Waals surface area contributed by atoms with Crippen LogP contribution in [0.2, 0.25) is 0 Å². The molecule has 0 spiro atoms. The van der Waals surface area contributed by atoms with Gasteiger partial charge in [-0.25, -0.2) is 13.1 Å². The predicted octanol–water partition coefficient (Wildman–Crippen LogP) is 3.40. The molecule has 1 rings (SSSR count). The Hall–Kier alpha value is -1.60. The number of nitrogens with one attached hydrogen (secondary N) is 3. The highest BCUT2D eigenvalue weighted by Crippen LogP contribution is 2.17. The molecule has 1 aromatic rings. The molecule has 0 aliphatic heterocycles. The van der Waals surface area contributed by atoms with Crippen LogP contribution in [0.1, 0.15) is 65.9 Å². The Kier molecular flexibility index (Phi) is 9.26. The van der Waals surface area contributed by atoms with Crippen molar-refractivity contribution in [2.45, 2.75) is 83.3 Å². The smallest absolute Gasteiger partial charge is 0.241 e. The van der Waals surface area contributed by atoms with Gasteiger partial charge in [0.15, 0.2) is 5.96 Å². The van der Waals surface area contributed by atoms with Crippen molar-refractivity contribution in [2.24, 2.45) is 4.99 Å². The molecule has 0 aliphatic rings. The SMILES string of the molecule is CCCCCC(C)NC(=NC)NCc1ccccc1S(=O)(=O)NC(C)(C)C. The minimum atomic E-state index is -3.59. The first kappa shape index (κ1) is 23.4. The van der Waals surface area contributed by atoms with E-state index in [1.54, 1.807) is 19.2 Å². The second kappa shape index (κ2) is 10.7. The van der Waals surface area contributed by atoms with Crippen LogP contribution in [0.5, 0.6) is 0 Å². The molecule has 154 valence electrons. The summed E-state index contributed by atoms with van der Waals surface area (Å²) in [5.74, 6) is 0.676. The first-order valence-electron chi connectivity index (χ1n) is 9.68. The maximum absolute atomic E-state index is 12.7. The zero-order valence-corrected chi connectivity index (χ0v) is 18.4. The number of sulfonamides is 1. The van der Waals surface area contributed by atoms with E-state index >= 15 is 0 Å². The summed E-state index contributed by atoms with van der Waals surface area (Å²) in [7, 11) is -1.87. The van der Waals surface area contributed by atoms with E-state index in [0.29, 0.717) is 29.0 Å². The van der Waals surface area contributed by atoms with Gasteiger partial charge < -0.3 is 10.6 Å². The molecule has 0 aromatic heterocycles. The zero-order chi connectivity index (χ0) is 20.5. The second-order valence-electron chi connectivity index (χ2n) is 7.93. The standard InChI is InChI=1S/C20H36N4O2S/c1-7-8-9-12-16(2)23-19(21-6)22-15-17-13-10-11-14-18(17)27(25,26)24-20(3,4)5/h10-11,13-14,16,24H,7-9,12,15H2,1-6H3,(H2,21,22,23). The number of nitrogens with zero attached hydrogens (tertiary/aromatic N) is 1. The van der Waals surface area contributed by atoms with Gasteiger partial charge in [0.25, 0.3) is 0 Å². The lowest BCUT2D eigenvalue weighted by molar-refractivity contribution is 0.491. The van der Waals surface area contributed by atoms with Crippen LogP contribution in [-0.2, 0) is 16.6 Å². The molecular weight excluding hydrogens is 360 g/mol. The van der Waals surface area contributed by atoms with E-state index < -0.39 is 15.6 Å². The summed E-state index contributed by atoms with van der Waals surface area (Å²) < 4.78 is 28.2. The molecule has 6 nitrogen and oxygen atoms in total. The van der Waals surface area contributed by atoms with E-state index in [0.717, 1.165) is 6.42 Å². The molecule has 0 saturated heterocycles. The Balaban J connectivity index is 2.79. The van der Waals surface area contributed by atoms with Gasteiger partial charge in [0.05, 0.1) is 4.90 Å². The fourth-order valence-corrected chi connectivity index (χ4v) is 4.41. The maximum atomic E-state index is 12.7. The first-order valence-corrected chi connectivity index (χ1v) is 11.2. The number of unbranched alkanes of at least 4 members (excludes halogenated alkanes) is 2. The van der Waals surface area contributed by atoms with Crippen molar-refractivity contribution in [3.63, 3.8) is 0 Å².